The Labute approximate surface area is 348 Å². The summed E-state index contributed by atoms with van der Waals surface area (Å²) in [5, 5.41) is 18.9. The Morgan fingerprint density at radius 1 is 0.966 bits per heavy atom. The number of aromatic nitrogens is 3. The Morgan fingerprint density at radius 2 is 1.71 bits per heavy atom. The van der Waals surface area contributed by atoms with Gasteiger partial charge in [0, 0.05) is 61.4 Å². The molecule has 310 valence electrons. The number of aliphatic hydroxyl groups is 1. The second-order valence-corrected chi connectivity index (χ2v) is 16.5. The highest BCUT2D eigenvalue weighted by molar-refractivity contribution is 6.38. The maximum Gasteiger partial charge on any atom is 0.261 e. The number of likely N-dealkylation sites (tertiary alicyclic amines) is 1. The van der Waals surface area contributed by atoms with E-state index in [4.69, 9.17) is 16.3 Å². The molecule has 59 heavy (non-hydrogen) atoms. The van der Waals surface area contributed by atoms with Gasteiger partial charge in [-0.1, -0.05) is 48.0 Å². The summed E-state index contributed by atoms with van der Waals surface area (Å²) in [5.41, 5.74) is 1.41. The van der Waals surface area contributed by atoms with Crippen LogP contribution in [0.5, 0.6) is 5.75 Å². The van der Waals surface area contributed by atoms with Gasteiger partial charge in [0.2, 0.25) is 5.91 Å². The van der Waals surface area contributed by atoms with E-state index in [0.717, 1.165) is 31.4 Å². The monoisotopic (exact) mass is 821 g/mol. The highest BCUT2D eigenvalue weighted by Crippen LogP contribution is 2.29. The van der Waals surface area contributed by atoms with Crippen molar-refractivity contribution in [3.63, 3.8) is 0 Å². The van der Waals surface area contributed by atoms with Crippen molar-refractivity contribution in [1.82, 2.24) is 35.0 Å². The summed E-state index contributed by atoms with van der Waals surface area (Å²) in [6.45, 7) is 2.63. The first-order chi connectivity index (χ1) is 28.5. The SMILES string of the molecule is CN(C)CCCOc1ccc2c(=O)n(CC3(O)CCN(C(=O)[C@@H](CCCNC(=O)c4ccc5c(Cl)c(C(=O)NC6CC6)cnc5c4)Cc4ccccc4)CC3)cnc2c1. The number of ether oxygens (including phenoxy) is 1. The molecule has 2 aliphatic rings. The third-order valence-electron chi connectivity index (χ3n) is 11.2. The number of pyridine rings is 1. The molecular formula is C45H52ClN7O6. The van der Waals surface area contributed by atoms with Crippen molar-refractivity contribution in [2.24, 2.45) is 5.92 Å². The average Bonchev–Trinajstić information content (AvgIpc) is 4.06. The first kappa shape index (κ1) is 41.8. The van der Waals surface area contributed by atoms with E-state index in [1.807, 2.05) is 49.3 Å². The predicted octanol–water partition coefficient (Wildman–Crippen LogP) is 5.24. The van der Waals surface area contributed by atoms with Crippen LogP contribution in [-0.4, -0.2) is 106 Å². The van der Waals surface area contributed by atoms with Crippen LogP contribution in [0.2, 0.25) is 5.02 Å². The first-order valence-corrected chi connectivity index (χ1v) is 20.8. The zero-order chi connectivity index (χ0) is 41.5. The Hall–Kier alpha value is -5.37. The standard InChI is InChI=1S/C45H52ClN7O6/c1-51(2)20-7-23-59-34-14-16-36-39(26-34)49-29-53(44(36)57)28-45(58)17-21-52(22-18-45)43(56)32(24-30-8-4-3-5-9-30)10-6-19-47-41(54)31-11-15-35-38(25-31)48-27-37(40(35)46)42(55)50-33-12-13-33/h3-5,8-9,11,14-16,25-27,29,32-33,58H,6-7,10,12-13,17-24,28H2,1-2H3,(H,47,54)(H,50,55)/t32-/m0/s1. The third kappa shape index (κ3) is 10.6. The number of rotatable bonds is 17. The van der Waals surface area contributed by atoms with Crippen molar-refractivity contribution in [3.8, 4) is 5.75 Å². The molecule has 2 fully saturated rings. The van der Waals surface area contributed by atoms with Crippen LogP contribution in [-0.2, 0) is 17.8 Å². The van der Waals surface area contributed by atoms with Crippen molar-refractivity contribution in [2.75, 3.05) is 46.9 Å². The van der Waals surface area contributed by atoms with Crippen LogP contribution in [0.3, 0.4) is 0 Å². The predicted molar refractivity (Wildman–Crippen MR) is 228 cm³/mol. The van der Waals surface area contributed by atoms with Gasteiger partial charge in [-0.3, -0.25) is 28.7 Å². The molecule has 1 saturated heterocycles. The van der Waals surface area contributed by atoms with Gasteiger partial charge in [-0.15, -0.1) is 0 Å². The maximum absolute atomic E-state index is 14.1. The minimum absolute atomic E-state index is 0.00849. The van der Waals surface area contributed by atoms with Crippen molar-refractivity contribution in [1.29, 1.82) is 0 Å². The highest BCUT2D eigenvalue weighted by Gasteiger charge is 2.36. The van der Waals surface area contributed by atoms with Gasteiger partial charge in [0.05, 0.1) is 52.1 Å². The number of nitrogens with one attached hydrogen (secondary N) is 2. The number of hydrogen-bond donors (Lipinski definition) is 3. The maximum atomic E-state index is 14.1. The smallest absolute Gasteiger partial charge is 0.261 e. The minimum atomic E-state index is -1.18. The molecule has 1 aliphatic heterocycles. The van der Waals surface area contributed by atoms with E-state index in [0.29, 0.717) is 102 Å². The van der Waals surface area contributed by atoms with Crippen LogP contribution in [0.4, 0.5) is 0 Å². The van der Waals surface area contributed by atoms with Crippen LogP contribution in [0.15, 0.2) is 84.0 Å². The van der Waals surface area contributed by atoms with Crippen molar-refractivity contribution >= 4 is 51.1 Å². The molecule has 0 spiro atoms. The summed E-state index contributed by atoms with van der Waals surface area (Å²) in [5.74, 6) is -0.183. The lowest BCUT2D eigenvalue weighted by Gasteiger charge is -2.39. The summed E-state index contributed by atoms with van der Waals surface area (Å²) >= 11 is 6.57. The molecule has 0 bridgehead atoms. The second kappa shape index (κ2) is 18.7. The van der Waals surface area contributed by atoms with Crippen molar-refractivity contribution in [3.05, 3.63) is 111 Å². The summed E-state index contributed by atoms with van der Waals surface area (Å²) in [6, 6.07) is 20.4. The fraction of sp³-hybridized carbons (Fsp3) is 0.422. The Morgan fingerprint density at radius 3 is 2.46 bits per heavy atom. The van der Waals surface area contributed by atoms with Gasteiger partial charge in [0.25, 0.3) is 17.4 Å². The van der Waals surface area contributed by atoms with Crippen LogP contribution in [0.1, 0.15) is 71.2 Å². The van der Waals surface area contributed by atoms with E-state index in [9.17, 15) is 24.3 Å². The molecule has 3 heterocycles. The molecule has 5 aromatic rings. The Bertz CT molecular complexity index is 2360. The number of amides is 3. The number of fused-ring (bicyclic) bond motifs is 2. The summed E-state index contributed by atoms with van der Waals surface area (Å²) in [7, 11) is 4.03. The molecule has 3 N–H and O–H groups in total. The Balaban J connectivity index is 0.930. The molecule has 0 radical (unpaired) electrons. The zero-order valence-corrected chi connectivity index (χ0v) is 34.4. The highest BCUT2D eigenvalue weighted by atomic mass is 35.5. The largest absolute Gasteiger partial charge is 0.493 e. The fourth-order valence-corrected chi connectivity index (χ4v) is 7.90. The first-order valence-electron chi connectivity index (χ1n) is 20.5. The lowest BCUT2D eigenvalue weighted by Crippen LogP contribution is -2.51. The molecule has 1 saturated carbocycles. The fourth-order valence-electron chi connectivity index (χ4n) is 7.60. The van der Waals surface area contributed by atoms with Crippen LogP contribution >= 0.6 is 11.6 Å². The number of nitrogens with zero attached hydrogens (tertiary/aromatic N) is 5. The van der Waals surface area contributed by atoms with Crippen molar-refractivity contribution < 1.29 is 24.2 Å². The van der Waals surface area contributed by atoms with Gasteiger partial charge in [0.1, 0.15) is 5.75 Å². The van der Waals surface area contributed by atoms with Gasteiger partial charge >= 0.3 is 0 Å². The molecule has 2 aromatic heterocycles. The van der Waals surface area contributed by atoms with E-state index in [1.165, 1.54) is 17.1 Å². The van der Waals surface area contributed by atoms with Gasteiger partial charge < -0.3 is 30.3 Å². The number of benzene rings is 3. The zero-order valence-electron chi connectivity index (χ0n) is 33.7. The summed E-state index contributed by atoms with van der Waals surface area (Å²) < 4.78 is 7.32. The van der Waals surface area contributed by atoms with E-state index in [-0.39, 0.29) is 41.8 Å². The molecule has 7 rings (SSSR count). The number of halogens is 1. The van der Waals surface area contributed by atoms with Gasteiger partial charge in [-0.25, -0.2) is 4.98 Å². The average molecular weight is 822 g/mol. The number of carbonyl (C=O) groups excluding carboxylic acids is 3. The topological polar surface area (TPSA) is 159 Å². The molecule has 0 unspecified atom stereocenters. The second-order valence-electron chi connectivity index (χ2n) is 16.2. The van der Waals surface area contributed by atoms with E-state index in [2.05, 4.69) is 25.5 Å². The van der Waals surface area contributed by atoms with E-state index < -0.39 is 5.60 Å². The Kier molecular flexibility index (Phi) is 13.2. The van der Waals surface area contributed by atoms with Crippen LogP contribution < -0.4 is 20.9 Å². The summed E-state index contributed by atoms with van der Waals surface area (Å²) in [6.07, 6.45) is 8.04. The molecule has 14 heteroatoms. The quantitative estimate of drug-likeness (QED) is 0.107. The van der Waals surface area contributed by atoms with E-state index in [1.54, 1.807) is 36.4 Å². The van der Waals surface area contributed by atoms with Crippen LogP contribution in [0, 0.1) is 5.92 Å². The van der Waals surface area contributed by atoms with Gasteiger partial charge in [-0.05, 0) is 95.3 Å². The van der Waals surface area contributed by atoms with Gasteiger partial charge in [0.15, 0.2) is 0 Å². The lowest BCUT2D eigenvalue weighted by atomic mass is 9.88. The lowest BCUT2D eigenvalue weighted by molar-refractivity contribution is -0.140. The number of piperidine rings is 1. The molecular weight excluding hydrogens is 770 g/mol. The summed E-state index contributed by atoms with van der Waals surface area (Å²) in [4.78, 5) is 66.1. The van der Waals surface area contributed by atoms with Crippen molar-refractivity contribution in [2.45, 2.75) is 69.6 Å². The molecule has 1 atom stereocenters. The molecule has 1 aliphatic carbocycles. The third-order valence-corrected chi connectivity index (χ3v) is 11.6. The molecule has 3 aromatic carbocycles. The number of carbonyl (C=O) groups is 3. The normalized spacial score (nSPS) is 15.6. The van der Waals surface area contributed by atoms with E-state index >= 15 is 0 Å². The van der Waals surface area contributed by atoms with Gasteiger partial charge in [-0.2, -0.15) is 0 Å². The minimum Gasteiger partial charge on any atom is -0.493 e. The van der Waals surface area contributed by atoms with Crippen LogP contribution in [0.25, 0.3) is 21.8 Å². The number of hydrogen-bond acceptors (Lipinski definition) is 9. The molecule has 3 amide bonds. The molecule has 13 nitrogen and oxygen atoms in total.